The molecule has 0 aliphatic carbocycles. The Hall–Kier alpha value is -2.64. The number of fused-ring (bicyclic) bond motifs is 1. The summed E-state index contributed by atoms with van der Waals surface area (Å²) in [6.07, 6.45) is 0. The van der Waals surface area contributed by atoms with Gasteiger partial charge in [-0.15, -0.1) is 0 Å². The highest BCUT2D eigenvalue weighted by molar-refractivity contribution is 7.89. The normalized spacial score (nSPS) is 19.7. The van der Waals surface area contributed by atoms with Gasteiger partial charge in [0.25, 0.3) is 5.91 Å². The Balaban J connectivity index is 1.62. The summed E-state index contributed by atoms with van der Waals surface area (Å²) in [5.41, 5.74) is 5.22. The van der Waals surface area contributed by atoms with Crippen molar-refractivity contribution in [2.75, 3.05) is 36.5 Å². The Morgan fingerprint density at radius 3 is 2.45 bits per heavy atom. The lowest BCUT2D eigenvalue weighted by Gasteiger charge is -2.40. The molecule has 2 aliphatic rings. The number of carbonyl (C=O) groups excluding carboxylic acids is 1. The molecule has 164 valence electrons. The first-order valence-electron chi connectivity index (χ1n) is 10.5. The first-order valence-corrected chi connectivity index (χ1v) is 12.0. The van der Waals surface area contributed by atoms with Crippen LogP contribution in [-0.4, -0.2) is 51.4 Å². The monoisotopic (exact) mass is 439 g/mol. The van der Waals surface area contributed by atoms with Crippen molar-refractivity contribution in [3.63, 3.8) is 0 Å². The number of sulfonamides is 1. The zero-order valence-electron chi connectivity index (χ0n) is 18.7. The van der Waals surface area contributed by atoms with Gasteiger partial charge in [0.1, 0.15) is 0 Å². The average molecular weight is 440 g/mol. The molecule has 0 N–H and O–H groups in total. The molecule has 0 saturated carbocycles. The number of rotatable bonds is 3. The Morgan fingerprint density at radius 2 is 1.81 bits per heavy atom. The highest BCUT2D eigenvalue weighted by atomic mass is 32.2. The van der Waals surface area contributed by atoms with Gasteiger partial charge in [0, 0.05) is 49.5 Å². The molecule has 0 unspecified atom stereocenters. The van der Waals surface area contributed by atoms with E-state index >= 15 is 0 Å². The minimum Gasteiger partial charge on any atom is -0.366 e. The number of aryl methyl sites for hydroxylation is 1. The number of nitrogens with zero attached hydrogens (tertiary/aromatic N) is 3. The van der Waals surface area contributed by atoms with Crippen LogP contribution in [0.15, 0.2) is 52.9 Å². The summed E-state index contributed by atoms with van der Waals surface area (Å²) in [5, 5.41) is 0. The standard InChI is InChI=1S/C24H29N3O3S/c1-16(2)23-21-14-20(9-10-22(21)25(5)24(23)28)31(29,30)26-11-12-27(18(4)15-26)19-8-6-7-17(3)13-19/h6-10,13-14,18H,11-12,15H2,1-5H3/t18-/m1/s1. The van der Waals surface area contributed by atoms with E-state index < -0.39 is 10.0 Å². The first kappa shape index (κ1) is 21.6. The smallest absolute Gasteiger partial charge is 0.258 e. The molecule has 4 rings (SSSR count). The summed E-state index contributed by atoms with van der Waals surface area (Å²) in [6, 6.07) is 13.4. The van der Waals surface area contributed by atoms with E-state index in [0.29, 0.717) is 30.8 Å². The van der Waals surface area contributed by atoms with Crippen LogP contribution >= 0.6 is 0 Å². The van der Waals surface area contributed by atoms with Crippen molar-refractivity contribution >= 4 is 32.9 Å². The van der Waals surface area contributed by atoms with Crippen LogP contribution in [0.5, 0.6) is 0 Å². The number of piperazine rings is 1. The number of benzene rings is 2. The Morgan fingerprint density at radius 1 is 1.06 bits per heavy atom. The summed E-state index contributed by atoms with van der Waals surface area (Å²) in [4.78, 5) is 16.7. The molecule has 2 aliphatic heterocycles. The number of hydrogen-bond acceptors (Lipinski definition) is 4. The number of hydrogen-bond donors (Lipinski definition) is 0. The molecule has 31 heavy (non-hydrogen) atoms. The second-order valence-corrected chi connectivity index (χ2v) is 10.6. The van der Waals surface area contributed by atoms with Crippen molar-refractivity contribution in [2.45, 2.75) is 38.6 Å². The van der Waals surface area contributed by atoms with E-state index in [4.69, 9.17) is 0 Å². The molecule has 0 bridgehead atoms. The number of allylic oxidation sites excluding steroid dienone is 1. The van der Waals surface area contributed by atoms with Crippen LogP contribution in [0.25, 0.3) is 5.57 Å². The van der Waals surface area contributed by atoms with Gasteiger partial charge >= 0.3 is 0 Å². The summed E-state index contributed by atoms with van der Waals surface area (Å²) < 4.78 is 28.5. The van der Waals surface area contributed by atoms with E-state index in [1.807, 2.05) is 19.9 Å². The van der Waals surface area contributed by atoms with E-state index in [1.165, 1.54) is 5.56 Å². The second kappa shape index (κ2) is 7.80. The van der Waals surface area contributed by atoms with Gasteiger partial charge in [0.15, 0.2) is 0 Å². The molecule has 2 aromatic rings. The summed E-state index contributed by atoms with van der Waals surface area (Å²) in [7, 11) is -1.94. The topological polar surface area (TPSA) is 60.9 Å². The summed E-state index contributed by atoms with van der Waals surface area (Å²) in [5.74, 6) is -0.0926. The average Bonchev–Trinajstić information content (AvgIpc) is 2.97. The Labute approximate surface area is 184 Å². The zero-order valence-corrected chi connectivity index (χ0v) is 19.5. The highest BCUT2D eigenvalue weighted by Crippen LogP contribution is 2.39. The van der Waals surface area contributed by atoms with Crippen LogP contribution in [0.1, 0.15) is 31.9 Å². The molecule has 0 radical (unpaired) electrons. The van der Waals surface area contributed by atoms with Crippen LogP contribution < -0.4 is 9.80 Å². The van der Waals surface area contributed by atoms with Crippen molar-refractivity contribution in [1.29, 1.82) is 0 Å². The van der Waals surface area contributed by atoms with Crippen LogP contribution in [-0.2, 0) is 14.8 Å². The largest absolute Gasteiger partial charge is 0.366 e. The summed E-state index contributed by atoms with van der Waals surface area (Å²) in [6.45, 7) is 9.35. The lowest BCUT2D eigenvalue weighted by atomic mass is 10.0. The van der Waals surface area contributed by atoms with Gasteiger partial charge in [-0.2, -0.15) is 4.31 Å². The lowest BCUT2D eigenvalue weighted by Crippen LogP contribution is -2.53. The van der Waals surface area contributed by atoms with Gasteiger partial charge in [0.2, 0.25) is 10.0 Å². The van der Waals surface area contributed by atoms with Crippen molar-refractivity contribution in [3.8, 4) is 0 Å². The van der Waals surface area contributed by atoms with E-state index in [-0.39, 0.29) is 16.8 Å². The van der Waals surface area contributed by atoms with Crippen LogP contribution in [0.4, 0.5) is 11.4 Å². The first-order chi connectivity index (χ1) is 14.6. The van der Waals surface area contributed by atoms with Gasteiger partial charge in [-0.1, -0.05) is 17.7 Å². The third kappa shape index (κ3) is 3.66. The van der Waals surface area contributed by atoms with Gasteiger partial charge in [-0.05, 0) is 63.6 Å². The highest BCUT2D eigenvalue weighted by Gasteiger charge is 2.35. The van der Waals surface area contributed by atoms with Crippen LogP contribution in [0.2, 0.25) is 0 Å². The SMILES string of the molecule is CC(C)=C1C(=O)N(C)c2ccc(S(=O)(=O)N3CCN(c4cccc(C)c4)[C@H](C)C3)cc21. The maximum absolute atomic E-state index is 13.5. The van der Waals surface area contributed by atoms with E-state index in [9.17, 15) is 13.2 Å². The minimum absolute atomic E-state index is 0.0563. The molecule has 7 heteroatoms. The van der Waals surface area contributed by atoms with Crippen molar-refractivity contribution in [3.05, 3.63) is 59.2 Å². The maximum Gasteiger partial charge on any atom is 0.258 e. The van der Waals surface area contributed by atoms with E-state index in [1.54, 1.807) is 34.5 Å². The van der Waals surface area contributed by atoms with Crippen LogP contribution in [0.3, 0.4) is 0 Å². The molecule has 1 amide bonds. The Kier molecular flexibility index (Phi) is 5.43. The van der Waals surface area contributed by atoms with Crippen molar-refractivity contribution < 1.29 is 13.2 Å². The minimum atomic E-state index is -3.66. The fraction of sp³-hybridized carbons (Fsp3) is 0.375. The third-order valence-electron chi connectivity index (χ3n) is 6.18. The van der Waals surface area contributed by atoms with Gasteiger partial charge in [0.05, 0.1) is 10.6 Å². The number of amides is 1. The van der Waals surface area contributed by atoms with Gasteiger partial charge in [-0.3, -0.25) is 4.79 Å². The van der Waals surface area contributed by atoms with Crippen LogP contribution in [0, 0.1) is 6.92 Å². The fourth-order valence-corrected chi connectivity index (χ4v) is 6.06. The van der Waals surface area contributed by atoms with Gasteiger partial charge < -0.3 is 9.80 Å². The number of anilines is 2. The number of likely N-dealkylation sites (N-methyl/N-ethyl adjacent to an activating group) is 1. The molecule has 2 aromatic carbocycles. The molecular weight excluding hydrogens is 410 g/mol. The van der Waals surface area contributed by atoms with E-state index in [2.05, 4.69) is 36.9 Å². The molecule has 0 spiro atoms. The second-order valence-electron chi connectivity index (χ2n) is 8.66. The fourth-order valence-electron chi connectivity index (χ4n) is 4.53. The predicted octanol–water partition coefficient (Wildman–Crippen LogP) is 3.66. The predicted molar refractivity (Wildman–Crippen MR) is 125 cm³/mol. The quantitative estimate of drug-likeness (QED) is 0.685. The molecule has 1 atom stereocenters. The molecular formula is C24H29N3O3S. The summed E-state index contributed by atoms with van der Waals surface area (Å²) >= 11 is 0. The van der Waals surface area contributed by atoms with E-state index in [0.717, 1.165) is 16.9 Å². The molecule has 1 saturated heterocycles. The molecule has 6 nitrogen and oxygen atoms in total. The third-order valence-corrected chi connectivity index (χ3v) is 8.04. The molecule has 0 aromatic heterocycles. The molecule has 2 heterocycles. The van der Waals surface area contributed by atoms with Crippen molar-refractivity contribution in [2.24, 2.45) is 0 Å². The maximum atomic E-state index is 13.5. The molecule has 1 fully saturated rings. The van der Waals surface area contributed by atoms with Crippen molar-refractivity contribution in [1.82, 2.24) is 4.31 Å². The lowest BCUT2D eigenvalue weighted by molar-refractivity contribution is -0.112. The number of carbonyl (C=O) groups is 1. The Bertz CT molecular complexity index is 1180. The zero-order chi connectivity index (χ0) is 22.5. The van der Waals surface area contributed by atoms with Gasteiger partial charge in [-0.25, -0.2) is 8.42 Å².